The van der Waals surface area contributed by atoms with Crippen LogP contribution in [0.15, 0.2) is 66.7 Å². The molecule has 0 saturated heterocycles. The Balaban J connectivity index is 1.52. The molecule has 3 aromatic rings. The number of hydrogen-bond acceptors (Lipinski definition) is 3. The highest BCUT2D eigenvalue weighted by Crippen LogP contribution is 2.26. The van der Waals surface area contributed by atoms with Crippen molar-refractivity contribution in [2.75, 3.05) is 13.2 Å². The fraction of sp³-hybridized carbons (Fsp3) is 0.346. The molecule has 0 aliphatic carbocycles. The number of rotatable bonds is 11. The van der Waals surface area contributed by atoms with Crippen LogP contribution in [0.5, 0.6) is 11.5 Å². The van der Waals surface area contributed by atoms with E-state index in [0.29, 0.717) is 13.0 Å². The van der Waals surface area contributed by atoms with Crippen LogP contribution < -0.4 is 14.8 Å². The number of ether oxygens (including phenoxy) is 2. The number of benzene rings is 3. The maximum Gasteiger partial charge on any atom is 0.261 e. The van der Waals surface area contributed by atoms with E-state index in [2.05, 4.69) is 18.3 Å². The van der Waals surface area contributed by atoms with Crippen molar-refractivity contribution >= 4 is 16.7 Å². The van der Waals surface area contributed by atoms with Crippen LogP contribution in [0.3, 0.4) is 0 Å². The molecule has 4 heteroatoms. The third-order valence-corrected chi connectivity index (χ3v) is 5.04. The van der Waals surface area contributed by atoms with Crippen LogP contribution in [0.2, 0.25) is 0 Å². The Bertz CT molecular complexity index is 948. The van der Waals surface area contributed by atoms with Gasteiger partial charge in [-0.1, -0.05) is 68.4 Å². The van der Waals surface area contributed by atoms with Crippen molar-refractivity contribution < 1.29 is 14.3 Å². The Morgan fingerprint density at radius 3 is 2.50 bits per heavy atom. The quantitative estimate of drug-likeness (QED) is 0.426. The highest BCUT2D eigenvalue weighted by atomic mass is 16.5. The zero-order valence-corrected chi connectivity index (χ0v) is 17.9. The van der Waals surface area contributed by atoms with Gasteiger partial charge in [0.15, 0.2) is 6.10 Å². The molecule has 0 saturated carbocycles. The lowest BCUT2D eigenvalue weighted by molar-refractivity contribution is -0.128. The average molecular weight is 406 g/mol. The first-order valence-electron chi connectivity index (χ1n) is 10.9. The summed E-state index contributed by atoms with van der Waals surface area (Å²) in [5.74, 6) is 1.62. The maximum absolute atomic E-state index is 12.7. The van der Waals surface area contributed by atoms with E-state index in [9.17, 15) is 4.79 Å². The van der Waals surface area contributed by atoms with E-state index in [4.69, 9.17) is 9.47 Å². The summed E-state index contributed by atoms with van der Waals surface area (Å²) in [5.41, 5.74) is 1.18. The summed E-state index contributed by atoms with van der Waals surface area (Å²) in [4.78, 5) is 12.7. The largest absolute Gasteiger partial charge is 0.493 e. The second kappa shape index (κ2) is 11.2. The van der Waals surface area contributed by atoms with E-state index in [-0.39, 0.29) is 5.91 Å². The Morgan fingerprint density at radius 1 is 0.933 bits per heavy atom. The van der Waals surface area contributed by atoms with Crippen molar-refractivity contribution in [3.8, 4) is 11.5 Å². The van der Waals surface area contributed by atoms with Gasteiger partial charge in [-0.05, 0) is 48.8 Å². The summed E-state index contributed by atoms with van der Waals surface area (Å²) >= 11 is 0. The minimum atomic E-state index is -0.504. The van der Waals surface area contributed by atoms with Crippen molar-refractivity contribution in [2.24, 2.45) is 0 Å². The van der Waals surface area contributed by atoms with Gasteiger partial charge in [0.1, 0.15) is 11.5 Å². The fourth-order valence-corrected chi connectivity index (χ4v) is 3.44. The van der Waals surface area contributed by atoms with Crippen LogP contribution in [0.4, 0.5) is 0 Å². The summed E-state index contributed by atoms with van der Waals surface area (Å²) in [5, 5.41) is 5.16. The van der Waals surface area contributed by atoms with Crippen molar-refractivity contribution in [3.05, 3.63) is 72.3 Å². The predicted octanol–water partition coefficient (Wildman–Crippen LogP) is 5.54. The van der Waals surface area contributed by atoms with Crippen LogP contribution in [0.1, 0.15) is 38.7 Å². The van der Waals surface area contributed by atoms with Gasteiger partial charge in [0.2, 0.25) is 0 Å². The summed E-state index contributed by atoms with van der Waals surface area (Å²) in [6.45, 7) is 5.40. The number of fused-ring (bicyclic) bond motifs is 1. The van der Waals surface area contributed by atoms with Crippen LogP contribution in [0.25, 0.3) is 10.8 Å². The second-order valence-corrected chi connectivity index (χ2v) is 7.34. The lowest BCUT2D eigenvalue weighted by Crippen LogP contribution is -2.38. The van der Waals surface area contributed by atoms with E-state index in [1.165, 1.54) is 5.56 Å². The van der Waals surface area contributed by atoms with Gasteiger partial charge in [-0.2, -0.15) is 0 Å². The van der Waals surface area contributed by atoms with Crippen molar-refractivity contribution in [3.63, 3.8) is 0 Å². The topological polar surface area (TPSA) is 47.6 Å². The number of hydrogen-bond donors (Lipinski definition) is 1. The molecule has 3 aromatic carbocycles. The summed E-state index contributed by atoms with van der Waals surface area (Å²) in [6.07, 6.45) is 2.81. The fourth-order valence-electron chi connectivity index (χ4n) is 3.44. The van der Waals surface area contributed by atoms with E-state index in [1.807, 2.05) is 67.6 Å². The van der Waals surface area contributed by atoms with Gasteiger partial charge >= 0.3 is 0 Å². The van der Waals surface area contributed by atoms with E-state index < -0.39 is 6.10 Å². The number of nitrogens with one attached hydrogen (secondary N) is 1. The summed E-state index contributed by atoms with van der Waals surface area (Å²) < 4.78 is 11.9. The van der Waals surface area contributed by atoms with Crippen molar-refractivity contribution in [1.82, 2.24) is 5.32 Å². The molecule has 0 unspecified atom stereocenters. The zero-order valence-electron chi connectivity index (χ0n) is 17.9. The van der Waals surface area contributed by atoms with E-state index in [1.54, 1.807) is 0 Å². The molecule has 1 amide bonds. The molecule has 0 heterocycles. The summed E-state index contributed by atoms with van der Waals surface area (Å²) in [7, 11) is 0. The SMILES string of the molecule is CCCOc1ccccc1CCCNC(=O)[C@H](CC)Oc1cccc2ccccc12. The molecular weight excluding hydrogens is 374 g/mol. The minimum absolute atomic E-state index is 0.0686. The first-order valence-corrected chi connectivity index (χ1v) is 10.9. The Morgan fingerprint density at radius 2 is 1.67 bits per heavy atom. The molecular formula is C26H31NO3. The molecule has 0 radical (unpaired) electrons. The molecule has 0 fully saturated rings. The maximum atomic E-state index is 12.7. The third kappa shape index (κ3) is 5.76. The average Bonchev–Trinajstić information content (AvgIpc) is 2.79. The molecule has 3 rings (SSSR count). The molecule has 0 aliphatic rings. The number of carbonyl (C=O) groups excluding carboxylic acids is 1. The Kier molecular flexibility index (Phi) is 8.13. The number of para-hydroxylation sites is 1. The van der Waals surface area contributed by atoms with Crippen LogP contribution >= 0.6 is 0 Å². The van der Waals surface area contributed by atoms with Crippen LogP contribution in [0, 0.1) is 0 Å². The molecule has 1 atom stereocenters. The number of aryl methyl sites for hydroxylation is 1. The van der Waals surface area contributed by atoms with Gasteiger partial charge < -0.3 is 14.8 Å². The van der Waals surface area contributed by atoms with Gasteiger partial charge in [-0.15, -0.1) is 0 Å². The van der Waals surface area contributed by atoms with Gasteiger partial charge in [-0.3, -0.25) is 4.79 Å². The van der Waals surface area contributed by atoms with Crippen LogP contribution in [-0.2, 0) is 11.2 Å². The molecule has 158 valence electrons. The lowest BCUT2D eigenvalue weighted by atomic mass is 10.1. The normalized spacial score (nSPS) is 11.8. The van der Waals surface area contributed by atoms with Crippen molar-refractivity contribution in [1.29, 1.82) is 0 Å². The molecule has 0 aromatic heterocycles. The minimum Gasteiger partial charge on any atom is -0.493 e. The number of amides is 1. The monoisotopic (exact) mass is 405 g/mol. The smallest absolute Gasteiger partial charge is 0.261 e. The highest BCUT2D eigenvalue weighted by Gasteiger charge is 2.18. The Labute approximate surface area is 179 Å². The highest BCUT2D eigenvalue weighted by molar-refractivity contribution is 5.89. The Hall–Kier alpha value is -3.01. The second-order valence-electron chi connectivity index (χ2n) is 7.34. The lowest BCUT2D eigenvalue weighted by Gasteiger charge is -2.18. The van der Waals surface area contributed by atoms with Gasteiger partial charge in [0.25, 0.3) is 5.91 Å². The van der Waals surface area contributed by atoms with Gasteiger partial charge in [0.05, 0.1) is 6.61 Å². The molecule has 0 spiro atoms. The zero-order chi connectivity index (χ0) is 21.2. The first kappa shape index (κ1) is 21.7. The molecule has 30 heavy (non-hydrogen) atoms. The molecule has 0 bridgehead atoms. The van der Waals surface area contributed by atoms with Crippen LogP contribution in [-0.4, -0.2) is 25.2 Å². The predicted molar refractivity (Wildman–Crippen MR) is 122 cm³/mol. The third-order valence-electron chi connectivity index (χ3n) is 5.04. The van der Waals surface area contributed by atoms with Crippen molar-refractivity contribution in [2.45, 2.75) is 45.6 Å². The van der Waals surface area contributed by atoms with E-state index >= 15 is 0 Å². The first-order chi connectivity index (χ1) is 14.7. The summed E-state index contributed by atoms with van der Waals surface area (Å²) in [6, 6.07) is 22.1. The van der Waals surface area contributed by atoms with E-state index in [0.717, 1.165) is 48.1 Å². The molecule has 0 aliphatic heterocycles. The molecule has 4 nitrogen and oxygen atoms in total. The number of carbonyl (C=O) groups is 1. The van der Waals surface area contributed by atoms with Gasteiger partial charge in [0, 0.05) is 11.9 Å². The van der Waals surface area contributed by atoms with Gasteiger partial charge in [-0.25, -0.2) is 0 Å². The molecule has 1 N–H and O–H groups in total. The standard InChI is InChI=1S/C26H31NO3/c1-3-19-29-24-16-8-6-12-21(24)14-10-18-27-26(28)23(4-2)30-25-17-9-13-20-11-5-7-15-22(20)25/h5-9,11-13,15-17,23H,3-4,10,14,18-19H2,1-2H3,(H,27,28)/t23-/m0/s1.